The molecule has 49 heavy (non-hydrogen) atoms. The third-order valence-electron chi connectivity index (χ3n) is 8.71. The number of aliphatic hydroxyl groups is 1. The van der Waals surface area contributed by atoms with Crippen LogP contribution < -0.4 is 11.2 Å². The van der Waals surface area contributed by atoms with Crippen LogP contribution in [0.3, 0.4) is 0 Å². The minimum Gasteiger partial charge on any atom is -0.391 e. The quantitative estimate of drug-likeness (QED) is 0.121. The third-order valence-corrected chi connectivity index (χ3v) is 8.71. The Balaban J connectivity index is 1.57. The summed E-state index contributed by atoms with van der Waals surface area (Å²) < 4.78 is 2.64. The molecule has 1 unspecified atom stereocenters. The van der Waals surface area contributed by atoms with Gasteiger partial charge < -0.3 is 5.11 Å². The topological polar surface area (TPSA) is 109 Å². The Bertz CT molecular complexity index is 1760. The van der Waals surface area contributed by atoms with E-state index in [2.05, 4.69) is 61.5 Å². The van der Waals surface area contributed by atoms with Gasteiger partial charge in [-0.2, -0.15) is 0 Å². The Labute approximate surface area is 290 Å². The molecule has 0 amide bonds. The Kier molecular flexibility index (Phi) is 14.5. The van der Waals surface area contributed by atoms with Crippen LogP contribution in [0.15, 0.2) is 70.4 Å². The molecule has 0 aromatic carbocycles. The van der Waals surface area contributed by atoms with Crippen molar-refractivity contribution >= 4 is 0 Å². The van der Waals surface area contributed by atoms with E-state index in [0.29, 0.717) is 25.8 Å². The first kappa shape index (κ1) is 37.4. The molecule has 4 aromatic rings. The first-order valence-electron chi connectivity index (χ1n) is 17.6. The molecule has 4 aromatic heterocycles. The molecule has 1 atom stereocenters. The van der Waals surface area contributed by atoms with Gasteiger partial charge in [0.15, 0.2) is 0 Å². The van der Waals surface area contributed by atoms with Crippen LogP contribution in [-0.4, -0.2) is 71.3 Å². The van der Waals surface area contributed by atoms with Gasteiger partial charge in [0.05, 0.1) is 46.8 Å². The molecule has 0 aliphatic carbocycles. The minimum absolute atomic E-state index is 0.169. The Morgan fingerprint density at radius 2 is 1.33 bits per heavy atom. The summed E-state index contributed by atoms with van der Waals surface area (Å²) in [6.07, 6.45) is 3.31. The van der Waals surface area contributed by atoms with Crippen LogP contribution in [0.2, 0.25) is 0 Å². The zero-order valence-corrected chi connectivity index (χ0v) is 29.7. The van der Waals surface area contributed by atoms with Crippen LogP contribution in [0.4, 0.5) is 0 Å². The number of aliphatic hydroxyl groups excluding tert-OH is 1. The standard InChI is InChI=1S/C39H51N7O3/c1-6-33(47)29-45-24-22-38(48)46(39(45)49)23-14-12-11-13-17-30-25-36(34-20-15-18-31(40-34)27-43(7-2)8-3)42-37(26-30)35-21-16-19-32(41-35)28-44(9-4)10-5/h15-16,18-22,24-26,33,47H,6-12,14,23,27-29H2,1-5H3. The average Bonchev–Trinajstić information content (AvgIpc) is 3.13. The smallest absolute Gasteiger partial charge is 0.331 e. The maximum absolute atomic E-state index is 12.8. The molecule has 260 valence electrons. The van der Waals surface area contributed by atoms with Gasteiger partial charge in [0.2, 0.25) is 0 Å². The highest BCUT2D eigenvalue weighted by atomic mass is 16.3. The first-order valence-corrected chi connectivity index (χ1v) is 17.6. The fourth-order valence-corrected chi connectivity index (χ4v) is 5.54. The number of aromatic nitrogens is 5. The van der Waals surface area contributed by atoms with Crippen LogP contribution in [-0.2, 0) is 26.2 Å². The van der Waals surface area contributed by atoms with E-state index in [4.69, 9.17) is 15.0 Å². The van der Waals surface area contributed by atoms with Crippen molar-refractivity contribution in [2.45, 2.75) is 92.6 Å². The van der Waals surface area contributed by atoms with Gasteiger partial charge in [0.1, 0.15) is 0 Å². The van der Waals surface area contributed by atoms with Gasteiger partial charge in [-0.25, -0.2) is 19.7 Å². The molecule has 0 aliphatic heterocycles. The van der Waals surface area contributed by atoms with Crippen LogP contribution in [0.25, 0.3) is 22.8 Å². The van der Waals surface area contributed by atoms with Crippen molar-refractivity contribution in [1.29, 1.82) is 0 Å². The second-order valence-electron chi connectivity index (χ2n) is 12.1. The number of unbranched alkanes of at least 4 members (excludes halogenated alkanes) is 2. The molecule has 10 nitrogen and oxygen atoms in total. The predicted molar refractivity (Wildman–Crippen MR) is 196 cm³/mol. The van der Waals surface area contributed by atoms with Crippen molar-refractivity contribution in [3.05, 3.63) is 98.6 Å². The lowest BCUT2D eigenvalue weighted by atomic mass is 10.1. The molecule has 0 radical (unpaired) electrons. The van der Waals surface area contributed by atoms with Gasteiger partial charge in [0, 0.05) is 43.9 Å². The largest absolute Gasteiger partial charge is 0.391 e. The number of hydrogen-bond donors (Lipinski definition) is 1. The molecule has 0 saturated heterocycles. The van der Waals surface area contributed by atoms with Crippen molar-refractivity contribution in [2.24, 2.45) is 0 Å². The molecule has 0 aliphatic rings. The summed E-state index contributed by atoms with van der Waals surface area (Å²) in [5.74, 6) is 6.62. The zero-order chi connectivity index (χ0) is 35.2. The fourth-order valence-electron chi connectivity index (χ4n) is 5.54. The summed E-state index contributed by atoms with van der Waals surface area (Å²) >= 11 is 0. The molecule has 0 spiro atoms. The van der Waals surface area contributed by atoms with E-state index < -0.39 is 11.8 Å². The van der Waals surface area contributed by atoms with Gasteiger partial charge in [0.25, 0.3) is 5.56 Å². The number of hydrogen-bond acceptors (Lipinski definition) is 8. The third kappa shape index (κ3) is 10.8. The van der Waals surface area contributed by atoms with Crippen LogP contribution in [0.1, 0.15) is 77.3 Å². The van der Waals surface area contributed by atoms with E-state index in [1.54, 1.807) is 0 Å². The van der Waals surface area contributed by atoms with Crippen molar-refractivity contribution in [2.75, 3.05) is 26.2 Å². The van der Waals surface area contributed by atoms with Crippen LogP contribution in [0.5, 0.6) is 0 Å². The molecule has 4 heterocycles. The predicted octanol–water partition coefficient (Wildman–Crippen LogP) is 5.21. The second kappa shape index (κ2) is 18.9. The fraction of sp³-hybridized carbons (Fsp3) is 0.462. The summed E-state index contributed by atoms with van der Waals surface area (Å²) in [6.45, 7) is 16.3. The average molecular weight is 666 g/mol. The maximum Gasteiger partial charge on any atom is 0.331 e. The van der Waals surface area contributed by atoms with Crippen LogP contribution >= 0.6 is 0 Å². The Morgan fingerprint density at radius 1 is 0.755 bits per heavy atom. The summed E-state index contributed by atoms with van der Waals surface area (Å²) in [5.41, 5.74) is 5.14. The maximum atomic E-state index is 12.8. The van der Waals surface area contributed by atoms with E-state index in [0.717, 1.165) is 85.4 Å². The van der Waals surface area contributed by atoms with Gasteiger partial charge in [-0.15, -0.1) is 0 Å². The Hall–Kier alpha value is -4.43. The van der Waals surface area contributed by atoms with Crippen molar-refractivity contribution in [3.63, 3.8) is 0 Å². The molecule has 0 saturated carbocycles. The lowest BCUT2D eigenvalue weighted by Crippen LogP contribution is -2.40. The van der Waals surface area contributed by atoms with Gasteiger partial charge >= 0.3 is 5.69 Å². The van der Waals surface area contributed by atoms with Gasteiger partial charge in [-0.05, 0) is 81.8 Å². The van der Waals surface area contributed by atoms with Crippen molar-refractivity contribution < 1.29 is 5.11 Å². The summed E-state index contributed by atoms with van der Waals surface area (Å²) in [7, 11) is 0. The molecular weight excluding hydrogens is 614 g/mol. The van der Waals surface area contributed by atoms with Crippen molar-refractivity contribution in [3.8, 4) is 34.6 Å². The van der Waals surface area contributed by atoms with E-state index in [-0.39, 0.29) is 12.1 Å². The molecule has 0 bridgehead atoms. The second-order valence-corrected chi connectivity index (χ2v) is 12.1. The SMILES string of the molecule is CCC(O)Cn1ccc(=O)n(CCCCC#Cc2cc(-c3cccc(CN(CC)CC)n3)nc(-c3cccc(CN(CC)CC)n3)c2)c1=O. The number of rotatable bonds is 17. The molecule has 0 fully saturated rings. The number of pyridine rings is 3. The highest BCUT2D eigenvalue weighted by Crippen LogP contribution is 2.24. The summed E-state index contributed by atoms with van der Waals surface area (Å²) in [6, 6.07) is 17.5. The lowest BCUT2D eigenvalue weighted by Gasteiger charge is -2.18. The first-order chi connectivity index (χ1) is 23.8. The molecule has 10 heteroatoms. The van der Waals surface area contributed by atoms with E-state index in [9.17, 15) is 14.7 Å². The highest BCUT2D eigenvalue weighted by Gasteiger charge is 2.12. The Morgan fingerprint density at radius 3 is 1.86 bits per heavy atom. The highest BCUT2D eigenvalue weighted by molar-refractivity contribution is 5.65. The molecule has 4 rings (SSSR count). The minimum atomic E-state index is -0.632. The normalized spacial score (nSPS) is 11.9. The molecular formula is C39H51N7O3. The zero-order valence-electron chi connectivity index (χ0n) is 29.7. The van der Waals surface area contributed by atoms with E-state index in [1.165, 1.54) is 21.4 Å². The van der Waals surface area contributed by atoms with Gasteiger partial charge in [-0.3, -0.25) is 23.7 Å². The molecule has 1 N–H and O–H groups in total. The van der Waals surface area contributed by atoms with E-state index >= 15 is 0 Å². The summed E-state index contributed by atoms with van der Waals surface area (Å²) in [4.78, 5) is 44.9. The summed E-state index contributed by atoms with van der Waals surface area (Å²) in [5, 5.41) is 9.97. The number of nitrogens with zero attached hydrogens (tertiary/aromatic N) is 7. The monoisotopic (exact) mass is 665 g/mol. The lowest BCUT2D eigenvalue weighted by molar-refractivity contribution is 0.147. The van der Waals surface area contributed by atoms with Gasteiger partial charge in [-0.1, -0.05) is 58.6 Å². The van der Waals surface area contributed by atoms with Crippen LogP contribution in [0, 0.1) is 11.8 Å². The van der Waals surface area contributed by atoms with Crippen molar-refractivity contribution in [1.82, 2.24) is 33.9 Å². The van der Waals surface area contributed by atoms with E-state index in [1.807, 2.05) is 43.3 Å².